The van der Waals surface area contributed by atoms with Crippen LogP contribution in [0.15, 0.2) is 53.4 Å². The largest absolute Gasteiger partial charge is 0.366 e. The molecule has 0 aliphatic carbocycles. The number of primary amides is 1. The molecule has 0 radical (unpaired) electrons. The molecule has 5 nitrogen and oxygen atoms in total. The van der Waals surface area contributed by atoms with Crippen molar-refractivity contribution >= 4 is 15.9 Å². The molecule has 128 valence electrons. The van der Waals surface area contributed by atoms with Crippen LogP contribution < -0.4 is 5.73 Å². The van der Waals surface area contributed by atoms with Crippen LogP contribution in [0.25, 0.3) is 0 Å². The van der Waals surface area contributed by atoms with Gasteiger partial charge in [-0.2, -0.15) is 4.31 Å². The highest BCUT2D eigenvalue weighted by Gasteiger charge is 2.28. The fraction of sp³-hybridized carbons (Fsp3) is 0.235. The van der Waals surface area contributed by atoms with E-state index in [1.807, 2.05) is 0 Å². The quantitative estimate of drug-likeness (QED) is 0.870. The van der Waals surface area contributed by atoms with Crippen LogP contribution in [0.2, 0.25) is 0 Å². The Labute approximate surface area is 141 Å². The summed E-state index contributed by atoms with van der Waals surface area (Å²) in [7, 11) is -3.76. The number of nitrogens with zero attached hydrogens (tertiary/aromatic N) is 1. The Morgan fingerprint density at radius 1 is 1.12 bits per heavy atom. The summed E-state index contributed by atoms with van der Waals surface area (Å²) in [6.45, 7) is 3.72. The summed E-state index contributed by atoms with van der Waals surface area (Å²) in [5, 5.41) is 0. The van der Waals surface area contributed by atoms with E-state index in [0.29, 0.717) is 5.56 Å². The van der Waals surface area contributed by atoms with Crippen LogP contribution in [0.4, 0.5) is 4.39 Å². The lowest BCUT2D eigenvalue weighted by Crippen LogP contribution is -2.33. The fourth-order valence-corrected chi connectivity index (χ4v) is 4.11. The van der Waals surface area contributed by atoms with Crippen LogP contribution in [0, 0.1) is 5.82 Å². The summed E-state index contributed by atoms with van der Waals surface area (Å²) in [6.07, 6.45) is 0. The van der Waals surface area contributed by atoms with E-state index >= 15 is 0 Å². The highest BCUT2D eigenvalue weighted by atomic mass is 32.2. The molecule has 0 spiro atoms. The van der Waals surface area contributed by atoms with Gasteiger partial charge in [-0.15, -0.1) is 0 Å². The number of hydrogen-bond acceptors (Lipinski definition) is 3. The van der Waals surface area contributed by atoms with Gasteiger partial charge in [0.2, 0.25) is 15.9 Å². The molecule has 0 aliphatic rings. The molecular formula is C17H19FN2O3S. The number of carbonyl (C=O) groups excluding carboxylic acids is 1. The van der Waals surface area contributed by atoms with Gasteiger partial charge in [0.25, 0.3) is 0 Å². The Balaban J connectivity index is 2.36. The monoisotopic (exact) mass is 350 g/mol. The summed E-state index contributed by atoms with van der Waals surface area (Å²) in [5.41, 5.74) is 6.10. The van der Waals surface area contributed by atoms with E-state index in [4.69, 9.17) is 5.73 Å². The van der Waals surface area contributed by atoms with E-state index < -0.39 is 22.0 Å². The van der Waals surface area contributed by atoms with Gasteiger partial charge in [0.1, 0.15) is 5.82 Å². The second kappa shape index (κ2) is 7.11. The summed E-state index contributed by atoms with van der Waals surface area (Å²) < 4.78 is 40.1. The van der Waals surface area contributed by atoms with Gasteiger partial charge in [-0.05, 0) is 48.9 Å². The highest BCUT2D eigenvalue weighted by Crippen LogP contribution is 2.27. The zero-order valence-corrected chi connectivity index (χ0v) is 14.3. The maximum Gasteiger partial charge on any atom is 0.248 e. The Kier molecular flexibility index (Phi) is 5.36. The Bertz CT molecular complexity index is 818. The standard InChI is InChI=1S/C17H19FN2O3S/c1-3-20(12(2)13-4-8-15(18)9-5-13)24(22,23)16-10-6-14(7-11-16)17(19)21/h4-12H,3H2,1-2H3,(H2,19,21)/t12-/m1/s1. The van der Waals surface area contributed by atoms with Crippen LogP contribution in [-0.4, -0.2) is 25.2 Å². The number of halogens is 1. The predicted molar refractivity (Wildman–Crippen MR) is 89.3 cm³/mol. The number of rotatable bonds is 6. The average molecular weight is 350 g/mol. The maximum atomic E-state index is 13.1. The molecule has 24 heavy (non-hydrogen) atoms. The van der Waals surface area contributed by atoms with Gasteiger partial charge >= 0.3 is 0 Å². The first-order chi connectivity index (χ1) is 11.3. The zero-order chi connectivity index (χ0) is 17.9. The lowest BCUT2D eigenvalue weighted by molar-refractivity contribution is 0.1000. The molecule has 0 fully saturated rings. The molecule has 2 aromatic carbocycles. The normalized spacial score (nSPS) is 13.0. The van der Waals surface area contributed by atoms with Gasteiger partial charge in [0.05, 0.1) is 4.90 Å². The molecule has 0 unspecified atom stereocenters. The van der Waals surface area contributed by atoms with Crippen molar-refractivity contribution in [2.24, 2.45) is 5.73 Å². The molecule has 7 heteroatoms. The summed E-state index contributed by atoms with van der Waals surface area (Å²) >= 11 is 0. The third-order valence-corrected chi connectivity index (χ3v) is 5.90. The lowest BCUT2D eigenvalue weighted by Gasteiger charge is -2.27. The van der Waals surface area contributed by atoms with E-state index in [2.05, 4.69) is 0 Å². The minimum Gasteiger partial charge on any atom is -0.366 e. The molecular weight excluding hydrogens is 331 g/mol. The second-order valence-electron chi connectivity index (χ2n) is 5.32. The first kappa shape index (κ1) is 18.1. The molecule has 0 saturated heterocycles. The third-order valence-electron chi connectivity index (χ3n) is 3.84. The van der Waals surface area contributed by atoms with Crippen molar-refractivity contribution in [3.8, 4) is 0 Å². The SMILES string of the molecule is CCN([C@H](C)c1ccc(F)cc1)S(=O)(=O)c1ccc(C(N)=O)cc1. The molecule has 0 saturated carbocycles. The van der Waals surface area contributed by atoms with Crippen LogP contribution in [0.5, 0.6) is 0 Å². The van der Waals surface area contributed by atoms with E-state index in [-0.39, 0.29) is 22.8 Å². The van der Waals surface area contributed by atoms with Crippen molar-refractivity contribution in [3.63, 3.8) is 0 Å². The topological polar surface area (TPSA) is 80.5 Å². The van der Waals surface area contributed by atoms with Crippen molar-refractivity contribution in [2.45, 2.75) is 24.8 Å². The van der Waals surface area contributed by atoms with Gasteiger partial charge in [-0.25, -0.2) is 12.8 Å². The minimum absolute atomic E-state index is 0.0725. The van der Waals surface area contributed by atoms with Crippen LogP contribution in [-0.2, 0) is 10.0 Å². The average Bonchev–Trinajstić information content (AvgIpc) is 2.55. The molecule has 2 rings (SSSR count). The lowest BCUT2D eigenvalue weighted by atomic mass is 10.1. The highest BCUT2D eigenvalue weighted by molar-refractivity contribution is 7.89. The number of nitrogens with two attached hydrogens (primary N) is 1. The smallest absolute Gasteiger partial charge is 0.248 e. The van der Waals surface area contributed by atoms with E-state index in [0.717, 1.165) is 0 Å². The first-order valence-corrected chi connectivity index (χ1v) is 8.88. The Morgan fingerprint density at radius 2 is 1.67 bits per heavy atom. The van der Waals surface area contributed by atoms with Crippen molar-refractivity contribution < 1.29 is 17.6 Å². The fourth-order valence-electron chi connectivity index (χ4n) is 2.49. The molecule has 1 atom stereocenters. The molecule has 2 aromatic rings. The molecule has 1 amide bonds. The summed E-state index contributed by atoms with van der Waals surface area (Å²) in [5.74, 6) is -0.995. The van der Waals surface area contributed by atoms with Gasteiger partial charge in [-0.3, -0.25) is 4.79 Å². The number of hydrogen-bond donors (Lipinski definition) is 1. The first-order valence-electron chi connectivity index (χ1n) is 7.44. The van der Waals surface area contributed by atoms with Gasteiger partial charge < -0.3 is 5.73 Å². The van der Waals surface area contributed by atoms with Crippen LogP contribution in [0.1, 0.15) is 35.8 Å². The minimum atomic E-state index is -3.76. The zero-order valence-electron chi connectivity index (χ0n) is 13.4. The molecule has 0 aromatic heterocycles. The summed E-state index contributed by atoms with van der Waals surface area (Å²) in [6, 6.07) is 10.7. The second-order valence-corrected chi connectivity index (χ2v) is 7.22. The molecule has 0 aliphatic heterocycles. The van der Waals surface area contributed by atoms with Crippen molar-refractivity contribution in [1.29, 1.82) is 0 Å². The van der Waals surface area contributed by atoms with E-state index in [1.54, 1.807) is 26.0 Å². The van der Waals surface area contributed by atoms with Crippen molar-refractivity contribution in [3.05, 3.63) is 65.5 Å². The maximum absolute atomic E-state index is 13.1. The van der Waals surface area contributed by atoms with E-state index in [9.17, 15) is 17.6 Å². The summed E-state index contributed by atoms with van der Waals surface area (Å²) in [4.78, 5) is 11.2. The van der Waals surface area contributed by atoms with E-state index in [1.165, 1.54) is 40.7 Å². The van der Waals surface area contributed by atoms with Gasteiger partial charge in [0.15, 0.2) is 0 Å². The molecule has 2 N–H and O–H groups in total. The molecule has 0 bridgehead atoms. The number of amides is 1. The number of carbonyl (C=O) groups is 1. The Hall–Kier alpha value is -2.25. The number of sulfonamides is 1. The molecule has 0 heterocycles. The van der Waals surface area contributed by atoms with Crippen LogP contribution >= 0.6 is 0 Å². The van der Waals surface area contributed by atoms with Crippen molar-refractivity contribution in [2.75, 3.05) is 6.54 Å². The van der Waals surface area contributed by atoms with Crippen molar-refractivity contribution in [1.82, 2.24) is 4.31 Å². The van der Waals surface area contributed by atoms with Gasteiger partial charge in [-0.1, -0.05) is 19.1 Å². The number of benzene rings is 2. The van der Waals surface area contributed by atoms with Crippen LogP contribution in [0.3, 0.4) is 0 Å². The predicted octanol–water partition coefficient (Wildman–Crippen LogP) is 2.70. The Morgan fingerprint density at radius 3 is 2.12 bits per heavy atom. The third kappa shape index (κ3) is 3.63. The van der Waals surface area contributed by atoms with Gasteiger partial charge in [0, 0.05) is 18.2 Å².